The van der Waals surface area contributed by atoms with Gasteiger partial charge in [-0.1, -0.05) is 6.07 Å². The fraction of sp³-hybridized carbons (Fsp3) is 0.263. The number of benzene rings is 2. The maximum absolute atomic E-state index is 12.4. The lowest BCUT2D eigenvalue weighted by atomic mass is 10.2. The molecule has 0 bridgehead atoms. The number of amides is 2. The highest BCUT2D eigenvalue weighted by Gasteiger charge is 2.29. The highest BCUT2D eigenvalue weighted by molar-refractivity contribution is 7.92. The van der Waals surface area contributed by atoms with Crippen LogP contribution in [0.2, 0.25) is 0 Å². The number of nitrogens with one attached hydrogen (secondary N) is 3. The third-order valence-electron chi connectivity index (χ3n) is 4.14. The molecule has 2 amide bonds. The van der Waals surface area contributed by atoms with Gasteiger partial charge in [0.05, 0.1) is 5.75 Å². The van der Waals surface area contributed by atoms with Crippen molar-refractivity contribution in [3.63, 3.8) is 0 Å². The Hall–Kier alpha value is -2.87. The molecule has 3 rings (SSSR count). The van der Waals surface area contributed by atoms with Crippen molar-refractivity contribution < 1.29 is 18.0 Å². The third kappa shape index (κ3) is 5.30. The summed E-state index contributed by atoms with van der Waals surface area (Å²) in [6.07, 6.45) is 1.88. The molecular weight excluding hydrogens is 366 g/mol. The Labute approximate surface area is 158 Å². The quantitative estimate of drug-likeness (QED) is 0.679. The summed E-state index contributed by atoms with van der Waals surface area (Å²) in [5, 5.41) is 5.58. The van der Waals surface area contributed by atoms with Gasteiger partial charge in [-0.25, -0.2) is 8.42 Å². The smallest absolute Gasteiger partial charge is 0.255 e. The molecule has 0 unspecified atom stereocenters. The van der Waals surface area contributed by atoms with Crippen molar-refractivity contribution in [2.75, 3.05) is 21.1 Å². The number of hydrogen-bond acceptors (Lipinski definition) is 4. The van der Waals surface area contributed by atoms with E-state index in [1.54, 1.807) is 42.5 Å². The lowest BCUT2D eigenvalue weighted by Crippen LogP contribution is -2.16. The molecule has 27 heavy (non-hydrogen) atoms. The second-order valence-corrected chi connectivity index (χ2v) is 8.39. The largest absolute Gasteiger partial charge is 0.326 e. The van der Waals surface area contributed by atoms with Crippen LogP contribution in [0.5, 0.6) is 0 Å². The first-order valence-corrected chi connectivity index (χ1v) is 10.3. The van der Waals surface area contributed by atoms with Crippen molar-refractivity contribution in [2.45, 2.75) is 19.8 Å². The van der Waals surface area contributed by atoms with Crippen LogP contribution in [0.25, 0.3) is 0 Å². The van der Waals surface area contributed by atoms with Gasteiger partial charge in [-0.15, -0.1) is 0 Å². The van der Waals surface area contributed by atoms with E-state index >= 15 is 0 Å². The van der Waals surface area contributed by atoms with E-state index in [1.165, 1.54) is 13.0 Å². The second-order valence-electron chi connectivity index (χ2n) is 6.38. The summed E-state index contributed by atoms with van der Waals surface area (Å²) in [7, 11) is -3.41. The van der Waals surface area contributed by atoms with Crippen LogP contribution in [0.4, 0.5) is 17.1 Å². The molecule has 0 spiro atoms. The molecule has 0 heterocycles. The first kappa shape index (κ1) is 18.9. The second kappa shape index (κ2) is 7.79. The molecule has 1 saturated carbocycles. The zero-order valence-corrected chi connectivity index (χ0v) is 15.7. The molecule has 0 radical (unpaired) electrons. The van der Waals surface area contributed by atoms with E-state index < -0.39 is 10.0 Å². The molecule has 142 valence electrons. The monoisotopic (exact) mass is 387 g/mol. The minimum Gasteiger partial charge on any atom is -0.326 e. The molecule has 0 aliphatic heterocycles. The van der Waals surface area contributed by atoms with Gasteiger partial charge in [0.1, 0.15) is 0 Å². The summed E-state index contributed by atoms with van der Waals surface area (Å²) in [5.74, 6) is -0.255. The van der Waals surface area contributed by atoms with E-state index in [4.69, 9.17) is 0 Å². The molecule has 7 nitrogen and oxygen atoms in total. The number of rotatable bonds is 7. The molecule has 8 heteroatoms. The van der Waals surface area contributed by atoms with E-state index in [1.807, 2.05) is 0 Å². The summed E-state index contributed by atoms with van der Waals surface area (Å²) in [6.45, 7) is 1.54. The standard InChI is InChI=1S/C19H21N3O4S/c1-2-27(25,26)22-17-5-3-4-14(12-17)19(24)21-16-10-8-15(9-11-16)20-18(23)13-6-7-13/h3-5,8-13,22H,2,6-7H2,1H3,(H,20,23)(H,21,24). The fourth-order valence-electron chi connectivity index (χ4n) is 2.41. The van der Waals surface area contributed by atoms with Crippen LogP contribution in [0.3, 0.4) is 0 Å². The van der Waals surface area contributed by atoms with Crippen molar-refractivity contribution in [1.29, 1.82) is 0 Å². The predicted molar refractivity (Wildman–Crippen MR) is 105 cm³/mol. The highest BCUT2D eigenvalue weighted by atomic mass is 32.2. The van der Waals surface area contributed by atoms with Gasteiger partial charge >= 0.3 is 0 Å². The van der Waals surface area contributed by atoms with Gasteiger partial charge in [-0.3, -0.25) is 14.3 Å². The van der Waals surface area contributed by atoms with Crippen LogP contribution >= 0.6 is 0 Å². The maximum atomic E-state index is 12.4. The summed E-state index contributed by atoms with van der Waals surface area (Å²) < 4.78 is 25.7. The summed E-state index contributed by atoms with van der Waals surface area (Å²) in [5.41, 5.74) is 1.92. The summed E-state index contributed by atoms with van der Waals surface area (Å²) >= 11 is 0. The Kier molecular flexibility index (Phi) is 5.46. The van der Waals surface area contributed by atoms with Crippen LogP contribution in [0.1, 0.15) is 30.1 Å². The van der Waals surface area contributed by atoms with Gasteiger partial charge in [0, 0.05) is 28.5 Å². The van der Waals surface area contributed by atoms with Gasteiger partial charge in [0.25, 0.3) is 5.91 Å². The molecule has 2 aromatic rings. The topological polar surface area (TPSA) is 104 Å². The SMILES string of the molecule is CCS(=O)(=O)Nc1cccc(C(=O)Nc2ccc(NC(=O)C3CC3)cc2)c1. The normalized spacial score (nSPS) is 13.7. The first-order chi connectivity index (χ1) is 12.9. The molecule has 2 aromatic carbocycles. The maximum Gasteiger partial charge on any atom is 0.255 e. The van der Waals surface area contributed by atoms with Crippen LogP contribution in [-0.2, 0) is 14.8 Å². The lowest BCUT2D eigenvalue weighted by Gasteiger charge is -2.10. The van der Waals surface area contributed by atoms with E-state index in [9.17, 15) is 18.0 Å². The Bertz CT molecular complexity index is 951. The molecule has 3 N–H and O–H groups in total. The van der Waals surface area contributed by atoms with Gasteiger partial charge in [0.2, 0.25) is 15.9 Å². The van der Waals surface area contributed by atoms with Crippen LogP contribution in [-0.4, -0.2) is 26.0 Å². The van der Waals surface area contributed by atoms with E-state index in [-0.39, 0.29) is 23.5 Å². The average molecular weight is 387 g/mol. The zero-order chi connectivity index (χ0) is 19.4. The van der Waals surface area contributed by atoms with Gasteiger partial charge < -0.3 is 10.6 Å². The number of anilines is 3. The Morgan fingerprint density at radius 1 is 0.963 bits per heavy atom. The minimum atomic E-state index is -3.41. The first-order valence-electron chi connectivity index (χ1n) is 8.69. The Morgan fingerprint density at radius 2 is 1.59 bits per heavy atom. The Morgan fingerprint density at radius 3 is 2.19 bits per heavy atom. The molecule has 0 aromatic heterocycles. The van der Waals surface area contributed by atoms with Crippen LogP contribution < -0.4 is 15.4 Å². The van der Waals surface area contributed by atoms with E-state index in [0.29, 0.717) is 22.6 Å². The number of carbonyl (C=O) groups excluding carboxylic acids is 2. The van der Waals surface area contributed by atoms with Crippen molar-refractivity contribution in [3.8, 4) is 0 Å². The minimum absolute atomic E-state index is 0.0260. The third-order valence-corrected chi connectivity index (χ3v) is 5.44. The van der Waals surface area contributed by atoms with Gasteiger partial charge in [-0.05, 0) is 62.2 Å². The lowest BCUT2D eigenvalue weighted by molar-refractivity contribution is -0.117. The van der Waals surface area contributed by atoms with E-state index in [2.05, 4.69) is 15.4 Å². The van der Waals surface area contributed by atoms with Crippen molar-refractivity contribution in [3.05, 3.63) is 54.1 Å². The molecular formula is C19H21N3O4S. The average Bonchev–Trinajstić information content (AvgIpc) is 3.48. The number of carbonyl (C=O) groups is 2. The van der Waals surface area contributed by atoms with Crippen LogP contribution in [0, 0.1) is 5.92 Å². The highest BCUT2D eigenvalue weighted by Crippen LogP contribution is 2.30. The number of sulfonamides is 1. The van der Waals surface area contributed by atoms with Gasteiger partial charge in [0.15, 0.2) is 0 Å². The van der Waals surface area contributed by atoms with E-state index in [0.717, 1.165) is 12.8 Å². The molecule has 1 aliphatic rings. The zero-order valence-electron chi connectivity index (χ0n) is 14.9. The predicted octanol–water partition coefficient (Wildman–Crippen LogP) is 3.05. The fourth-order valence-corrected chi connectivity index (χ4v) is 3.04. The molecule has 1 aliphatic carbocycles. The van der Waals surface area contributed by atoms with Crippen molar-refractivity contribution >= 4 is 38.9 Å². The molecule has 0 atom stereocenters. The molecule has 1 fully saturated rings. The number of hydrogen-bond donors (Lipinski definition) is 3. The van der Waals surface area contributed by atoms with Crippen molar-refractivity contribution in [2.24, 2.45) is 5.92 Å². The summed E-state index contributed by atoms with van der Waals surface area (Å²) in [4.78, 5) is 24.1. The molecule has 0 saturated heterocycles. The van der Waals surface area contributed by atoms with Crippen LogP contribution in [0.15, 0.2) is 48.5 Å². The summed E-state index contributed by atoms with van der Waals surface area (Å²) in [6, 6.07) is 13.1. The van der Waals surface area contributed by atoms with Crippen molar-refractivity contribution in [1.82, 2.24) is 0 Å². The van der Waals surface area contributed by atoms with Gasteiger partial charge in [-0.2, -0.15) is 0 Å². The Balaban J connectivity index is 1.63.